The minimum atomic E-state index is 0.248. The molecule has 0 aliphatic rings. The molecule has 1 aromatic heterocycles. The summed E-state index contributed by atoms with van der Waals surface area (Å²) in [5, 5.41) is 0. The average Bonchev–Trinajstić information content (AvgIpc) is 2.15. The first-order valence-electron chi connectivity index (χ1n) is 3.09. The molecule has 0 amide bonds. The van der Waals surface area contributed by atoms with Gasteiger partial charge in [-0.15, -0.1) is 0 Å². The van der Waals surface area contributed by atoms with Gasteiger partial charge in [-0.05, 0) is 26.0 Å². The third-order valence-electron chi connectivity index (χ3n) is 0.910. The lowest BCUT2D eigenvalue weighted by molar-refractivity contribution is 0.0605. The summed E-state index contributed by atoms with van der Waals surface area (Å²) in [7, 11) is 0. The predicted octanol–water partition coefficient (Wildman–Crippen LogP) is 1.33. The van der Waals surface area contributed by atoms with Gasteiger partial charge >= 0.3 is 0 Å². The van der Waals surface area contributed by atoms with E-state index < -0.39 is 0 Å². The largest absolute Gasteiger partial charge is 0.412 e. The predicted molar refractivity (Wildman–Crippen MR) is 36.1 cm³/mol. The first-order valence-corrected chi connectivity index (χ1v) is 3.09. The molecule has 0 radical (unpaired) electrons. The van der Waals surface area contributed by atoms with Gasteiger partial charge in [-0.25, -0.2) is 0 Å². The van der Waals surface area contributed by atoms with Gasteiger partial charge in [0.2, 0.25) is 0 Å². The highest BCUT2D eigenvalue weighted by molar-refractivity contribution is 4.87. The van der Waals surface area contributed by atoms with E-state index in [4.69, 9.17) is 4.84 Å². The molecule has 2 nitrogen and oxygen atoms in total. The summed E-state index contributed by atoms with van der Waals surface area (Å²) >= 11 is 0. The van der Waals surface area contributed by atoms with Gasteiger partial charge in [0.25, 0.3) is 0 Å². The van der Waals surface area contributed by atoms with Crippen LogP contribution in [0.3, 0.4) is 0 Å². The van der Waals surface area contributed by atoms with Crippen molar-refractivity contribution in [2.75, 3.05) is 0 Å². The van der Waals surface area contributed by atoms with E-state index in [1.54, 1.807) is 4.73 Å². The van der Waals surface area contributed by atoms with Gasteiger partial charge in [-0.1, -0.05) is 0 Å². The van der Waals surface area contributed by atoms with Crippen molar-refractivity contribution in [1.29, 1.82) is 0 Å². The van der Waals surface area contributed by atoms with Crippen LogP contribution in [0.1, 0.15) is 13.8 Å². The van der Waals surface area contributed by atoms with Crippen LogP contribution in [-0.2, 0) is 0 Å². The zero-order valence-corrected chi connectivity index (χ0v) is 5.74. The van der Waals surface area contributed by atoms with Gasteiger partial charge in [-0.2, -0.15) is 4.73 Å². The number of rotatable bonds is 2. The van der Waals surface area contributed by atoms with Crippen LogP contribution in [0.4, 0.5) is 0 Å². The van der Waals surface area contributed by atoms with Gasteiger partial charge in [0, 0.05) is 12.4 Å². The normalized spacial score (nSPS) is 10.1. The van der Waals surface area contributed by atoms with E-state index in [1.807, 2.05) is 38.4 Å². The zero-order chi connectivity index (χ0) is 6.69. The highest BCUT2D eigenvalue weighted by Gasteiger charge is 1.90. The highest BCUT2D eigenvalue weighted by Crippen LogP contribution is 1.88. The molecular formula is C7H11NO. The number of hydrogen-bond acceptors (Lipinski definition) is 1. The monoisotopic (exact) mass is 125 g/mol. The quantitative estimate of drug-likeness (QED) is 0.581. The molecule has 0 spiro atoms. The molecule has 0 unspecified atom stereocenters. The molecule has 0 N–H and O–H groups in total. The van der Waals surface area contributed by atoms with Crippen molar-refractivity contribution in [2.24, 2.45) is 0 Å². The smallest absolute Gasteiger partial charge is 0.119 e. The van der Waals surface area contributed by atoms with Crippen molar-refractivity contribution in [3.8, 4) is 0 Å². The second kappa shape index (κ2) is 2.58. The zero-order valence-electron chi connectivity index (χ0n) is 5.74. The summed E-state index contributed by atoms with van der Waals surface area (Å²) in [5.41, 5.74) is 0. The molecule has 2 heteroatoms. The van der Waals surface area contributed by atoms with Crippen molar-refractivity contribution in [2.45, 2.75) is 20.0 Å². The second-order valence-electron chi connectivity index (χ2n) is 2.20. The van der Waals surface area contributed by atoms with Gasteiger partial charge in [0.15, 0.2) is 0 Å². The van der Waals surface area contributed by atoms with Crippen molar-refractivity contribution < 1.29 is 4.84 Å². The van der Waals surface area contributed by atoms with Gasteiger partial charge in [0.05, 0.1) is 0 Å². The van der Waals surface area contributed by atoms with Crippen molar-refractivity contribution in [3.05, 3.63) is 24.5 Å². The van der Waals surface area contributed by atoms with E-state index in [9.17, 15) is 0 Å². The SMILES string of the molecule is CC(C)On1cccc1. The molecule has 0 saturated carbocycles. The molecule has 1 aromatic rings. The Bertz CT molecular complexity index is 155. The highest BCUT2D eigenvalue weighted by atomic mass is 16.7. The third-order valence-corrected chi connectivity index (χ3v) is 0.910. The summed E-state index contributed by atoms with van der Waals surface area (Å²) in [6.45, 7) is 4.00. The van der Waals surface area contributed by atoms with E-state index in [0.717, 1.165) is 0 Å². The third kappa shape index (κ3) is 1.80. The first-order chi connectivity index (χ1) is 4.29. The molecule has 1 rings (SSSR count). The van der Waals surface area contributed by atoms with Gasteiger partial charge in [0.1, 0.15) is 6.10 Å². The van der Waals surface area contributed by atoms with Gasteiger partial charge < -0.3 is 4.84 Å². The lowest BCUT2D eigenvalue weighted by Crippen LogP contribution is -2.16. The second-order valence-corrected chi connectivity index (χ2v) is 2.20. The van der Waals surface area contributed by atoms with E-state index >= 15 is 0 Å². The first kappa shape index (κ1) is 6.20. The summed E-state index contributed by atoms with van der Waals surface area (Å²) in [6.07, 6.45) is 4.00. The molecule has 0 aromatic carbocycles. The average molecular weight is 125 g/mol. The molecule has 0 saturated heterocycles. The number of aromatic nitrogens is 1. The number of nitrogens with zero attached hydrogens (tertiary/aromatic N) is 1. The molecule has 50 valence electrons. The fraction of sp³-hybridized carbons (Fsp3) is 0.429. The molecule has 9 heavy (non-hydrogen) atoms. The van der Waals surface area contributed by atoms with E-state index in [0.29, 0.717) is 0 Å². The molecular weight excluding hydrogens is 114 g/mol. The summed E-state index contributed by atoms with van der Waals surface area (Å²) in [4.78, 5) is 5.27. The van der Waals surface area contributed by atoms with Crippen molar-refractivity contribution in [3.63, 3.8) is 0 Å². The van der Waals surface area contributed by atoms with Crippen LogP contribution in [0.15, 0.2) is 24.5 Å². The minimum Gasteiger partial charge on any atom is -0.412 e. The Morgan fingerprint density at radius 1 is 1.22 bits per heavy atom. The van der Waals surface area contributed by atoms with Crippen LogP contribution in [0.5, 0.6) is 0 Å². The Labute approximate surface area is 55.0 Å². The van der Waals surface area contributed by atoms with E-state index in [2.05, 4.69) is 0 Å². The maximum atomic E-state index is 5.27. The molecule has 0 aliphatic carbocycles. The minimum absolute atomic E-state index is 0.248. The fourth-order valence-corrected chi connectivity index (χ4v) is 0.632. The van der Waals surface area contributed by atoms with Gasteiger partial charge in [-0.3, -0.25) is 0 Å². The Kier molecular flexibility index (Phi) is 1.78. The Balaban J connectivity index is 2.48. The number of hydrogen-bond donors (Lipinski definition) is 0. The fourth-order valence-electron chi connectivity index (χ4n) is 0.632. The van der Waals surface area contributed by atoms with E-state index in [-0.39, 0.29) is 6.10 Å². The Hall–Kier alpha value is -0.920. The van der Waals surface area contributed by atoms with Crippen LogP contribution in [0, 0.1) is 0 Å². The molecule has 1 heterocycles. The maximum Gasteiger partial charge on any atom is 0.119 e. The van der Waals surface area contributed by atoms with Crippen LogP contribution >= 0.6 is 0 Å². The Morgan fingerprint density at radius 3 is 2.22 bits per heavy atom. The summed E-state index contributed by atoms with van der Waals surface area (Å²) < 4.78 is 1.70. The Morgan fingerprint density at radius 2 is 1.78 bits per heavy atom. The van der Waals surface area contributed by atoms with Crippen molar-refractivity contribution >= 4 is 0 Å². The molecule has 0 bridgehead atoms. The van der Waals surface area contributed by atoms with Crippen molar-refractivity contribution in [1.82, 2.24) is 4.73 Å². The van der Waals surface area contributed by atoms with Crippen LogP contribution in [-0.4, -0.2) is 10.8 Å². The lowest BCUT2D eigenvalue weighted by atomic mass is 10.5. The molecule has 0 fully saturated rings. The summed E-state index contributed by atoms with van der Waals surface area (Å²) in [5.74, 6) is 0. The van der Waals surface area contributed by atoms with Crippen LogP contribution in [0.2, 0.25) is 0 Å². The standard InChI is InChI=1S/C7H11NO/c1-7(2)9-8-5-3-4-6-8/h3-7H,1-2H3. The molecule has 0 aliphatic heterocycles. The topological polar surface area (TPSA) is 14.2 Å². The maximum absolute atomic E-state index is 5.27. The summed E-state index contributed by atoms with van der Waals surface area (Å²) in [6, 6.07) is 3.87. The molecule has 0 atom stereocenters. The van der Waals surface area contributed by atoms with Crippen LogP contribution in [0.25, 0.3) is 0 Å². The van der Waals surface area contributed by atoms with E-state index in [1.165, 1.54) is 0 Å². The lowest BCUT2D eigenvalue weighted by Gasteiger charge is -2.08. The van der Waals surface area contributed by atoms with Crippen LogP contribution < -0.4 is 4.84 Å².